The lowest BCUT2D eigenvalue weighted by molar-refractivity contribution is -0.118. The number of thiazole rings is 1. The number of ketones is 1. The lowest BCUT2D eigenvalue weighted by Crippen LogP contribution is -2.03. The second-order valence-corrected chi connectivity index (χ2v) is 5.14. The van der Waals surface area contributed by atoms with Gasteiger partial charge < -0.3 is 0 Å². The molecular weight excluding hydrogens is 228 g/mol. The number of carbonyl (C=O) groups is 1. The molecule has 0 spiro atoms. The third-order valence-corrected chi connectivity index (χ3v) is 3.49. The lowest BCUT2D eigenvalue weighted by atomic mass is 10.2. The molecular formula is C10H12N2OS2. The fourth-order valence-electron chi connectivity index (χ4n) is 1.37. The fourth-order valence-corrected chi connectivity index (χ4v) is 2.52. The van der Waals surface area contributed by atoms with Crippen LogP contribution in [0.3, 0.4) is 0 Å². The van der Waals surface area contributed by atoms with Crippen molar-refractivity contribution in [1.29, 1.82) is 0 Å². The molecule has 0 aliphatic heterocycles. The molecule has 2 heterocycles. The second-order valence-electron chi connectivity index (χ2n) is 3.28. The highest BCUT2D eigenvalue weighted by molar-refractivity contribution is 7.98. The number of Topliss-reactive ketones (excluding diaryl/α,β-unsaturated/α-hetero) is 1. The van der Waals surface area contributed by atoms with Crippen LogP contribution in [0.5, 0.6) is 0 Å². The highest BCUT2D eigenvalue weighted by atomic mass is 32.2. The zero-order chi connectivity index (χ0) is 10.7. The summed E-state index contributed by atoms with van der Waals surface area (Å²) in [6.07, 6.45) is 7.02. The molecule has 0 saturated carbocycles. The fraction of sp³-hybridized carbons (Fsp3) is 0.400. The van der Waals surface area contributed by atoms with Crippen molar-refractivity contribution in [3.8, 4) is 0 Å². The van der Waals surface area contributed by atoms with Crippen LogP contribution in [0.4, 0.5) is 0 Å². The number of hydrogen-bond donors (Lipinski definition) is 0. The molecule has 0 aromatic carbocycles. The van der Waals surface area contributed by atoms with E-state index in [4.69, 9.17) is 0 Å². The first-order valence-corrected chi connectivity index (χ1v) is 6.98. The van der Waals surface area contributed by atoms with Crippen molar-refractivity contribution >= 4 is 33.8 Å². The average Bonchev–Trinajstić information content (AvgIpc) is 2.74. The molecule has 15 heavy (non-hydrogen) atoms. The maximum atomic E-state index is 11.5. The third-order valence-electron chi connectivity index (χ3n) is 2.11. The quantitative estimate of drug-likeness (QED) is 0.804. The van der Waals surface area contributed by atoms with Crippen LogP contribution in [-0.4, -0.2) is 27.2 Å². The minimum Gasteiger partial charge on any atom is -0.299 e. The van der Waals surface area contributed by atoms with Crippen LogP contribution < -0.4 is 0 Å². The highest BCUT2D eigenvalue weighted by Gasteiger charge is 2.07. The van der Waals surface area contributed by atoms with Gasteiger partial charge in [0.1, 0.15) is 5.78 Å². The average molecular weight is 240 g/mol. The zero-order valence-electron chi connectivity index (χ0n) is 8.47. The summed E-state index contributed by atoms with van der Waals surface area (Å²) in [5, 5.41) is 1.99. The number of rotatable bonds is 5. The van der Waals surface area contributed by atoms with E-state index in [-0.39, 0.29) is 5.78 Å². The number of hydrogen-bond acceptors (Lipinski definition) is 4. The molecule has 80 valence electrons. The predicted octanol–water partition coefficient (Wildman–Crippen LogP) is 2.26. The summed E-state index contributed by atoms with van der Waals surface area (Å²) < 4.78 is 1.96. The summed E-state index contributed by atoms with van der Waals surface area (Å²) in [5.41, 5.74) is 0.882. The molecule has 0 aliphatic carbocycles. The molecule has 0 atom stereocenters. The van der Waals surface area contributed by atoms with Crippen molar-refractivity contribution in [2.75, 3.05) is 12.0 Å². The van der Waals surface area contributed by atoms with Gasteiger partial charge in [0.25, 0.3) is 0 Å². The Labute approximate surface area is 96.5 Å². The molecule has 2 aromatic heterocycles. The number of aromatic nitrogens is 2. The first-order valence-electron chi connectivity index (χ1n) is 4.71. The van der Waals surface area contributed by atoms with E-state index in [1.54, 1.807) is 23.1 Å². The van der Waals surface area contributed by atoms with Crippen LogP contribution in [-0.2, 0) is 11.2 Å². The van der Waals surface area contributed by atoms with E-state index in [0.29, 0.717) is 12.8 Å². The molecule has 0 bridgehead atoms. The summed E-state index contributed by atoms with van der Waals surface area (Å²) in [5.74, 6) is 1.18. The normalized spacial score (nSPS) is 11.0. The van der Waals surface area contributed by atoms with E-state index in [0.717, 1.165) is 16.4 Å². The van der Waals surface area contributed by atoms with Gasteiger partial charge in [0, 0.05) is 24.2 Å². The van der Waals surface area contributed by atoms with E-state index in [1.807, 2.05) is 28.4 Å². The third kappa shape index (κ3) is 2.60. The molecule has 3 nitrogen and oxygen atoms in total. The van der Waals surface area contributed by atoms with Crippen molar-refractivity contribution in [2.24, 2.45) is 0 Å². The maximum Gasteiger partial charge on any atom is 0.193 e. The van der Waals surface area contributed by atoms with Crippen LogP contribution in [0.25, 0.3) is 4.96 Å². The molecule has 0 unspecified atom stereocenters. The summed E-state index contributed by atoms with van der Waals surface area (Å²) in [4.78, 5) is 16.8. The van der Waals surface area contributed by atoms with Gasteiger partial charge in [0.2, 0.25) is 0 Å². The van der Waals surface area contributed by atoms with E-state index in [1.165, 1.54) is 0 Å². The van der Waals surface area contributed by atoms with Gasteiger partial charge in [-0.25, -0.2) is 4.98 Å². The SMILES string of the molecule is CSCCC(=O)Cc1cn2ccsc2n1. The largest absolute Gasteiger partial charge is 0.299 e. The van der Waals surface area contributed by atoms with E-state index in [2.05, 4.69) is 4.98 Å². The maximum absolute atomic E-state index is 11.5. The molecule has 0 amide bonds. The Hall–Kier alpha value is -0.810. The van der Waals surface area contributed by atoms with E-state index < -0.39 is 0 Å². The van der Waals surface area contributed by atoms with Crippen molar-refractivity contribution in [3.05, 3.63) is 23.5 Å². The van der Waals surface area contributed by atoms with Gasteiger partial charge in [-0.2, -0.15) is 11.8 Å². The van der Waals surface area contributed by atoms with Gasteiger partial charge >= 0.3 is 0 Å². The Bertz CT molecular complexity index is 432. The van der Waals surface area contributed by atoms with Gasteiger partial charge in [-0.1, -0.05) is 0 Å². The van der Waals surface area contributed by atoms with Gasteiger partial charge in [-0.3, -0.25) is 9.20 Å². The number of thioether (sulfide) groups is 1. The number of nitrogens with zero attached hydrogens (tertiary/aromatic N) is 2. The standard InChI is InChI=1S/C10H12N2OS2/c1-14-4-2-9(13)6-8-7-12-3-5-15-10(12)11-8/h3,5,7H,2,4,6H2,1H3. The monoisotopic (exact) mass is 240 g/mol. The second kappa shape index (κ2) is 4.81. The minimum atomic E-state index is 0.273. The Morgan fingerprint density at radius 3 is 3.27 bits per heavy atom. The summed E-state index contributed by atoms with van der Waals surface area (Å²) >= 11 is 3.29. The number of carbonyl (C=O) groups excluding carboxylic acids is 1. The number of imidazole rings is 1. The van der Waals surface area contributed by atoms with Crippen LogP contribution >= 0.6 is 23.1 Å². The van der Waals surface area contributed by atoms with Crippen LogP contribution in [0.2, 0.25) is 0 Å². The Morgan fingerprint density at radius 1 is 1.67 bits per heavy atom. The first-order chi connectivity index (χ1) is 7.29. The zero-order valence-corrected chi connectivity index (χ0v) is 10.1. The van der Waals surface area contributed by atoms with Crippen LogP contribution in [0, 0.1) is 0 Å². The van der Waals surface area contributed by atoms with Gasteiger partial charge in [-0.05, 0) is 12.0 Å². The van der Waals surface area contributed by atoms with Crippen molar-refractivity contribution in [1.82, 2.24) is 9.38 Å². The Balaban J connectivity index is 2.00. The minimum absolute atomic E-state index is 0.273. The molecule has 0 saturated heterocycles. The Kier molecular flexibility index (Phi) is 3.43. The topological polar surface area (TPSA) is 34.4 Å². The summed E-state index contributed by atoms with van der Waals surface area (Å²) in [6.45, 7) is 0. The molecule has 0 aliphatic rings. The molecule has 2 aromatic rings. The summed E-state index contributed by atoms with van der Waals surface area (Å²) in [7, 11) is 0. The molecule has 0 radical (unpaired) electrons. The van der Waals surface area contributed by atoms with Crippen LogP contribution in [0.15, 0.2) is 17.8 Å². The smallest absolute Gasteiger partial charge is 0.193 e. The first kappa shape index (κ1) is 10.7. The van der Waals surface area contributed by atoms with Crippen LogP contribution in [0.1, 0.15) is 12.1 Å². The highest BCUT2D eigenvalue weighted by Crippen LogP contribution is 2.12. The number of fused-ring (bicyclic) bond motifs is 1. The summed E-state index contributed by atoms with van der Waals surface area (Å²) in [6, 6.07) is 0. The van der Waals surface area contributed by atoms with Crippen molar-refractivity contribution in [2.45, 2.75) is 12.8 Å². The van der Waals surface area contributed by atoms with E-state index >= 15 is 0 Å². The van der Waals surface area contributed by atoms with Gasteiger partial charge in [0.15, 0.2) is 4.96 Å². The van der Waals surface area contributed by atoms with E-state index in [9.17, 15) is 4.79 Å². The van der Waals surface area contributed by atoms with Crippen molar-refractivity contribution in [3.63, 3.8) is 0 Å². The molecule has 2 rings (SSSR count). The van der Waals surface area contributed by atoms with Gasteiger partial charge in [-0.15, -0.1) is 11.3 Å². The Morgan fingerprint density at radius 2 is 2.53 bits per heavy atom. The van der Waals surface area contributed by atoms with Gasteiger partial charge in [0.05, 0.1) is 12.1 Å². The molecule has 0 fully saturated rings. The molecule has 5 heteroatoms. The molecule has 0 N–H and O–H groups in total. The van der Waals surface area contributed by atoms with Crippen molar-refractivity contribution < 1.29 is 4.79 Å². The predicted molar refractivity (Wildman–Crippen MR) is 64.8 cm³/mol. The lowest BCUT2D eigenvalue weighted by Gasteiger charge is -1.95.